The van der Waals surface area contributed by atoms with E-state index in [0.29, 0.717) is 5.56 Å². The summed E-state index contributed by atoms with van der Waals surface area (Å²) in [6.07, 6.45) is -0.874. The predicted octanol–water partition coefficient (Wildman–Crippen LogP) is 3.22. The lowest BCUT2D eigenvalue weighted by Gasteiger charge is -2.09. The highest BCUT2D eigenvalue weighted by atomic mass is 35.5. The maximum atomic E-state index is 12.7. The summed E-state index contributed by atoms with van der Waals surface area (Å²) in [7, 11) is 0. The Bertz CT molecular complexity index is 833. The smallest absolute Gasteiger partial charge is 0.288 e. The Morgan fingerprint density at radius 1 is 1.13 bits per heavy atom. The molecule has 2 aromatic rings. The molecule has 3 rings (SSSR count). The van der Waals surface area contributed by atoms with Crippen LogP contribution in [0.5, 0.6) is 0 Å². The number of Topliss-reactive ketones (excluding diaryl/α,β-unsaturated/α-hetero) is 1. The van der Waals surface area contributed by atoms with Crippen LogP contribution in [0.1, 0.15) is 17.2 Å². The molecule has 1 unspecified atom stereocenters. The molecule has 6 nitrogen and oxygen atoms in total. The zero-order valence-corrected chi connectivity index (χ0v) is 12.5. The molecular formula is C16H11ClN2O4. The number of ketones is 1. The molecule has 0 aliphatic carbocycles. The molecular weight excluding hydrogens is 320 g/mol. The lowest BCUT2D eigenvalue weighted by Crippen LogP contribution is -2.09. The van der Waals surface area contributed by atoms with Crippen molar-refractivity contribution in [3.63, 3.8) is 0 Å². The fourth-order valence-electron chi connectivity index (χ4n) is 2.46. The van der Waals surface area contributed by atoms with Gasteiger partial charge in [0.1, 0.15) is 5.02 Å². The van der Waals surface area contributed by atoms with Crippen LogP contribution in [0.4, 0.5) is 5.69 Å². The SMILES string of the molecule is NC1=C(c2cccc([N+](=O)[O-])c2Cl)C(=O)C(c2ccccc2)O1. The Hall–Kier alpha value is -2.86. The number of hydrogen-bond donors (Lipinski definition) is 1. The molecule has 1 aliphatic rings. The Labute approximate surface area is 136 Å². The van der Waals surface area contributed by atoms with Crippen LogP contribution in [0.25, 0.3) is 5.57 Å². The van der Waals surface area contributed by atoms with Crippen molar-refractivity contribution >= 4 is 28.6 Å². The maximum absolute atomic E-state index is 12.7. The highest BCUT2D eigenvalue weighted by Gasteiger charge is 2.37. The summed E-state index contributed by atoms with van der Waals surface area (Å²) in [4.78, 5) is 23.0. The van der Waals surface area contributed by atoms with Gasteiger partial charge in [0.25, 0.3) is 5.69 Å². The van der Waals surface area contributed by atoms with Gasteiger partial charge in [-0.1, -0.05) is 54.1 Å². The first kappa shape index (κ1) is 15.1. The second-order valence-corrected chi connectivity index (χ2v) is 5.29. The number of nitro groups is 1. The van der Waals surface area contributed by atoms with Gasteiger partial charge in [-0.3, -0.25) is 14.9 Å². The van der Waals surface area contributed by atoms with E-state index in [0.717, 1.165) is 0 Å². The molecule has 0 saturated heterocycles. The van der Waals surface area contributed by atoms with Crippen molar-refractivity contribution in [2.45, 2.75) is 6.10 Å². The monoisotopic (exact) mass is 330 g/mol. The summed E-state index contributed by atoms with van der Waals surface area (Å²) in [6, 6.07) is 13.1. The highest BCUT2D eigenvalue weighted by Crippen LogP contribution is 2.40. The third-order valence-electron chi connectivity index (χ3n) is 3.52. The Kier molecular flexibility index (Phi) is 3.75. The van der Waals surface area contributed by atoms with Gasteiger partial charge in [-0.05, 0) is 0 Å². The minimum absolute atomic E-state index is 0.0625. The van der Waals surface area contributed by atoms with Crippen LogP contribution in [0.2, 0.25) is 5.02 Å². The lowest BCUT2D eigenvalue weighted by atomic mass is 9.96. The van der Waals surface area contributed by atoms with Crippen LogP contribution in [-0.4, -0.2) is 10.7 Å². The topological polar surface area (TPSA) is 95.5 Å². The van der Waals surface area contributed by atoms with Gasteiger partial charge in [0, 0.05) is 17.2 Å². The Morgan fingerprint density at radius 3 is 2.48 bits per heavy atom. The zero-order chi connectivity index (χ0) is 16.6. The first-order valence-corrected chi connectivity index (χ1v) is 7.07. The van der Waals surface area contributed by atoms with Gasteiger partial charge in [-0.15, -0.1) is 0 Å². The van der Waals surface area contributed by atoms with E-state index in [1.807, 2.05) is 6.07 Å². The molecule has 1 aliphatic heterocycles. The molecule has 23 heavy (non-hydrogen) atoms. The third-order valence-corrected chi connectivity index (χ3v) is 3.92. The first-order chi connectivity index (χ1) is 11.0. The third kappa shape index (κ3) is 2.53. The molecule has 116 valence electrons. The summed E-state index contributed by atoms with van der Waals surface area (Å²) in [5.74, 6) is -0.470. The summed E-state index contributed by atoms with van der Waals surface area (Å²) in [5.41, 5.74) is 6.45. The van der Waals surface area contributed by atoms with Crippen LogP contribution >= 0.6 is 11.6 Å². The molecule has 1 atom stereocenters. The van der Waals surface area contributed by atoms with Gasteiger partial charge in [-0.25, -0.2) is 0 Å². The van der Waals surface area contributed by atoms with Crippen LogP contribution in [-0.2, 0) is 9.53 Å². The molecule has 2 N–H and O–H groups in total. The lowest BCUT2D eigenvalue weighted by molar-refractivity contribution is -0.384. The molecule has 0 radical (unpaired) electrons. The fourth-order valence-corrected chi connectivity index (χ4v) is 2.75. The van der Waals surface area contributed by atoms with Crippen LogP contribution in [0.15, 0.2) is 54.4 Å². The number of ether oxygens (including phenoxy) is 1. The van der Waals surface area contributed by atoms with Crippen molar-refractivity contribution in [2.75, 3.05) is 0 Å². The van der Waals surface area contributed by atoms with E-state index < -0.39 is 11.0 Å². The quantitative estimate of drug-likeness (QED) is 0.688. The predicted molar refractivity (Wildman–Crippen MR) is 84.5 cm³/mol. The summed E-state index contributed by atoms with van der Waals surface area (Å²) < 4.78 is 5.46. The van der Waals surface area contributed by atoms with Gasteiger partial charge in [0.15, 0.2) is 12.0 Å². The van der Waals surface area contributed by atoms with Crippen molar-refractivity contribution in [1.29, 1.82) is 0 Å². The summed E-state index contributed by atoms with van der Waals surface area (Å²) in [6.45, 7) is 0. The number of nitrogens with zero attached hydrogens (tertiary/aromatic N) is 1. The number of carbonyl (C=O) groups excluding carboxylic acids is 1. The van der Waals surface area contributed by atoms with E-state index in [9.17, 15) is 14.9 Å². The summed E-state index contributed by atoms with van der Waals surface area (Å²) >= 11 is 6.07. The Morgan fingerprint density at radius 2 is 1.83 bits per heavy atom. The van der Waals surface area contributed by atoms with E-state index in [1.54, 1.807) is 24.3 Å². The highest BCUT2D eigenvalue weighted by molar-refractivity contribution is 6.37. The zero-order valence-electron chi connectivity index (χ0n) is 11.7. The van der Waals surface area contributed by atoms with Crippen LogP contribution in [0.3, 0.4) is 0 Å². The molecule has 0 amide bonds. The number of benzene rings is 2. The molecule has 0 bridgehead atoms. The molecule has 2 aromatic carbocycles. The van der Waals surface area contributed by atoms with Gasteiger partial charge < -0.3 is 10.5 Å². The number of hydrogen-bond acceptors (Lipinski definition) is 5. The molecule has 0 fully saturated rings. The molecule has 0 saturated carbocycles. The average molecular weight is 331 g/mol. The second-order valence-electron chi connectivity index (χ2n) is 4.91. The molecule has 0 spiro atoms. The van der Waals surface area contributed by atoms with E-state index in [4.69, 9.17) is 22.1 Å². The van der Waals surface area contributed by atoms with Crippen LogP contribution in [0, 0.1) is 10.1 Å². The number of halogens is 1. The number of carbonyl (C=O) groups is 1. The van der Waals surface area contributed by atoms with Gasteiger partial charge in [0.05, 0.1) is 10.5 Å². The number of nitrogens with two attached hydrogens (primary N) is 1. The van der Waals surface area contributed by atoms with Crippen molar-refractivity contribution in [1.82, 2.24) is 0 Å². The normalized spacial score (nSPS) is 17.3. The van der Waals surface area contributed by atoms with Crippen molar-refractivity contribution in [3.8, 4) is 0 Å². The number of nitro benzene ring substituents is 1. The fraction of sp³-hybridized carbons (Fsp3) is 0.0625. The first-order valence-electron chi connectivity index (χ1n) is 6.69. The van der Waals surface area contributed by atoms with Crippen molar-refractivity contribution < 1.29 is 14.5 Å². The maximum Gasteiger partial charge on any atom is 0.288 e. The average Bonchev–Trinajstić information content (AvgIpc) is 2.83. The van der Waals surface area contributed by atoms with E-state index in [2.05, 4.69) is 0 Å². The van der Waals surface area contributed by atoms with E-state index in [1.165, 1.54) is 18.2 Å². The van der Waals surface area contributed by atoms with Gasteiger partial charge >= 0.3 is 0 Å². The molecule has 7 heteroatoms. The second kappa shape index (κ2) is 5.73. The van der Waals surface area contributed by atoms with E-state index >= 15 is 0 Å². The van der Waals surface area contributed by atoms with Crippen LogP contribution < -0.4 is 5.73 Å². The molecule has 1 heterocycles. The van der Waals surface area contributed by atoms with Gasteiger partial charge in [-0.2, -0.15) is 0 Å². The minimum Gasteiger partial charge on any atom is -0.462 e. The summed E-state index contributed by atoms with van der Waals surface area (Å²) in [5, 5.41) is 10.9. The molecule has 0 aromatic heterocycles. The van der Waals surface area contributed by atoms with Crippen molar-refractivity contribution in [3.05, 3.63) is 80.7 Å². The Balaban J connectivity index is 2.05. The standard InChI is InChI=1S/C16H11ClN2O4/c17-13-10(7-4-8-11(13)19(21)22)12-14(20)15(23-16(12)18)9-5-2-1-3-6-9/h1-8,15H,18H2. The van der Waals surface area contributed by atoms with Crippen molar-refractivity contribution in [2.24, 2.45) is 5.73 Å². The number of rotatable bonds is 3. The minimum atomic E-state index is -0.874. The van der Waals surface area contributed by atoms with Gasteiger partial charge in [0.2, 0.25) is 5.78 Å². The largest absolute Gasteiger partial charge is 0.462 e. The van der Waals surface area contributed by atoms with E-state index in [-0.39, 0.29) is 33.5 Å².